The SMILES string of the molecule is CCOCCOCc1cccc(NC(=O)C(C)NC(=O)c2cccc(C)c2)c1. The fourth-order valence-corrected chi connectivity index (χ4v) is 2.57. The van der Waals surface area contributed by atoms with Crippen molar-refractivity contribution in [2.24, 2.45) is 0 Å². The van der Waals surface area contributed by atoms with E-state index in [1.54, 1.807) is 25.1 Å². The average Bonchev–Trinajstić information content (AvgIpc) is 2.68. The summed E-state index contributed by atoms with van der Waals surface area (Å²) in [5, 5.41) is 5.55. The van der Waals surface area contributed by atoms with Crippen LogP contribution < -0.4 is 10.6 Å². The molecular formula is C22H28N2O4. The highest BCUT2D eigenvalue weighted by atomic mass is 16.5. The summed E-state index contributed by atoms with van der Waals surface area (Å²) in [6.45, 7) is 7.71. The largest absolute Gasteiger partial charge is 0.379 e. The molecule has 2 aromatic carbocycles. The number of hydrogen-bond acceptors (Lipinski definition) is 4. The summed E-state index contributed by atoms with van der Waals surface area (Å²) in [5.74, 6) is -0.557. The molecule has 1 unspecified atom stereocenters. The number of carbonyl (C=O) groups is 2. The number of rotatable bonds is 10. The van der Waals surface area contributed by atoms with Crippen molar-refractivity contribution in [2.45, 2.75) is 33.4 Å². The summed E-state index contributed by atoms with van der Waals surface area (Å²) < 4.78 is 10.8. The molecule has 2 aromatic rings. The lowest BCUT2D eigenvalue weighted by Crippen LogP contribution is -2.41. The van der Waals surface area contributed by atoms with E-state index in [2.05, 4.69) is 10.6 Å². The van der Waals surface area contributed by atoms with Crippen molar-refractivity contribution in [3.05, 3.63) is 65.2 Å². The summed E-state index contributed by atoms with van der Waals surface area (Å²) in [5.41, 5.74) is 3.13. The predicted octanol–water partition coefficient (Wildman–Crippen LogP) is 3.31. The molecule has 0 bridgehead atoms. The van der Waals surface area contributed by atoms with Gasteiger partial charge in [-0.05, 0) is 50.6 Å². The molecule has 0 saturated carbocycles. The number of anilines is 1. The first-order valence-corrected chi connectivity index (χ1v) is 9.42. The Kier molecular flexibility index (Phi) is 8.65. The highest BCUT2D eigenvalue weighted by Crippen LogP contribution is 2.12. The van der Waals surface area contributed by atoms with E-state index < -0.39 is 6.04 Å². The van der Waals surface area contributed by atoms with Crippen molar-refractivity contribution in [1.29, 1.82) is 0 Å². The van der Waals surface area contributed by atoms with Gasteiger partial charge in [0.1, 0.15) is 6.04 Å². The Balaban J connectivity index is 1.86. The molecule has 0 saturated heterocycles. The Morgan fingerprint density at radius 2 is 1.79 bits per heavy atom. The van der Waals surface area contributed by atoms with E-state index in [1.165, 1.54) is 0 Å². The van der Waals surface area contributed by atoms with Gasteiger partial charge in [0.05, 0.1) is 19.8 Å². The smallest absolute Gasteiger partial charge is 0.251 e. The molecule has 28 heavy (non-hydrogen) atoms. The van der Waals surface area contributed by atoms with Gasteiger partial charge in [-0.3, -0.25) is 9.59 Å². The van der Waals surface area contributed by atoms with Crippen molar-refractivity contribution in [2.75, 3.05) is 25.1 Å². The standard InChI is InChI=1S/C22H28N2O4/c1-4-27-11-12-28-15-18-8-6-10-20(14-18)24-21(25)17(3)23-22(26)19-9-5-7-16(2)13-19/h5-10,13-14,17H,4,11-12,15H2,1-3H3,(H,23,26)(H,24,25). The van der Waals surface area contributed by atoms with Crippen LogP contribution in [0.2, 0.25) is 0 Å². The van der Waals surface area contributed by atoms with Crippen molar-refractivity contribution in [1.82, 2.24) is 5.32 Å². The summed E-state index contributed by atoms with van der Waals surface area (Å²) in [6, 6.07) is 14.0. The van der Waals surface area contributed by atoms with Crippen molar-refractivity contribution >= 4 is 17.5 Å². The van der Waals surface area contributed by atoms with Gasteiger partial charge in [-0.1, -0.05) is 29.8 Å². The van der Waals surface area contributed by atoms with Crippen LogP contribution >= 0.6 is 0 Å². The van der Waals surface area contributed by atoms with Crippen LogP contribution in [0, 0.1) is 6.92 Å². The van der Waals surface area contributed by atoms with Crippen LogP contribution in [0.1, 0.15) is 35.3 Å². The summed E-state index contributed by atoms with van der Waals surface area (Å²) in [7, 11) is 0. The molecule has 150 valence electrons. The third kappa shape index (κ3) is 7.13. The topological polar surface area (TPSA) is 76.7 Å². The Hall–Kier alpha value is -2.70. The van der Waals surface area contributed by atoms with E-state index in [0.29, 0.717) is 37.7 Å². The zero-order valence-electron chi connectivity index (χ0n) is 16.7. The maximum absolute atomic E-state index is 12.4. The third-order valence-corrected chi connectivity index (χ3v) is 4.06. The number of carbonyl (C=O) groups excluding carboxylic acids is 2. The minimum Gasteiger partial charge on any atom is -0.379 e. The molecule has 0 spiro atoms. The molecule has 0 aliphatic heterocycles. The number of amides is 2. The molecule has 6 heteroatoms. The van der Waals surface area contributed by atoms with Crippen LogP contribution in [0.3, 0.4) is 0 Å². The highest BCUT2D eigenvalue weighted by molar-refractivity contribution is 6.01. The lowest BCUT2D eigenvalue weighted by Gasteiger charge is -2.15. The molecule has 2 N–H and O–H groups in total. The molecule has 1 atom stereocenters. The molecule has 0 fully saturated rings. The molecule has 0 heterocycles. The van der Waals surface area contributed by atoms with Gasteiger partial charge in [0.15, 0.2) is 0 Å². The number of ether oxygens (including phenoxy) is 2. The number of nitrogens with one attached hydrogen (secondary N) is 2. The minimum absolute atomic E-state index is 0.275. The lowest BCUT2D eigenvalue weighted by atomic mass is 10.1. The molecule has 0 aliphatic carbocycles. The van der Waals surface area contributed by atoms with Crippen LogP contribution in [-0.4, -0.2) is 37.7 Å². The first-order valence-electron chi connectivity index (χ1n) is 9.42. The fourth-order valence-electron chi connectivity index (χ4n) is 2.57. The van der Waals surface area contributed by atoms with Gasteiger partial charge >= 0.3 is 0 Å². The Bertz CT molecular complexity index is 792. The average molecular weight is 384 g/mol. The Labute approximate surface area is 166 Å². The van der Waals surface area contributed by atoms with Crippen molar-refractivity contribution in [3.8, 4) is 0 Å². The van der Waals surface area contributed by atoms with Crippen LogP contribution in [0.4, 0.5) is 5.69 Å². The normalized spacial score (nSPS) is 11.7. The van der Waals surface area contributed by atoms with Gasteiger partial charge in [-0.2, -0.15) is 0 Å². The molecule has 0 aromatic heterocycles. The molecule has 6 nitrogen and oxygen atoms in total. The zero-order chi connectivity index (χ0) is 20.4. The Morgan fingerprint density at radius 1 is 1.04 bits per heavy atom. The van der Waals surface area contributed by atoms with Crippen LogP contribution in [-0.2, 0) is 20.9 Å². The van der Waals surface area contributed by atoms with Gasteiger partial charge < -0.3 is 20.1 Å². The summed E-state index contributed by atoms with van der Waals surface area (Å²) >= 11 is 0. The van der Waals surface area contributed by atoms with Crippen LogP contribution in [0.25, 0.3) is 0 Å². The first kappa shape index (κ1) is 21.6. The zero-order valence-corrected chi connectivity index (χ0v) is 16.7. The maximum Gasteiger partial charge on any atom is 0.251 e. The van der Waals surface area contributed by atoms with E-state index in [9.17, 15) is 9.59 Å². The summed E-state index contributed by atoms with van der Waals surface area (Å²) in [4.78, 5) is 24.7. The van der Waals surface area contributed by atoms with Gasteiger partial charge in [-0.25, -0.2) is 0 Å². The van der Waals surface area contributed by atoms with E-state index in [0.717, 1.165) is 11.1 Å². The fraction of sp³-hybridized carbons (Fsp3) is 0.364. The second-order valence-electron chi connectivity index (χ2n) is 6.50. The predicted molar refractivity (Wildman–Crippen MR) is 109 cm³/mol. The second-order valence-corrected chi connectivity index (χ2v) is 6.50. The van der Waals surface area contributed by atoms with Gasteiger partial charge in [-0.15, -0.1) is 0 Å². The quantitative estimate of drug-likeness (QED) is 0.616. The van der Waals surface area contributed by atoms with Crippen molar-refractivity contribution in [3.63, 3.8) is 0 Å². The van der Waals surface area contributed by atoms with Crippen LogP contribution in [0.15, 0.2) is 48.5 Å². The molecule has 0 radical (unpaired) electrons. The molecular weight excluding hydrogens is 356 g/mol. The van der Waals surface area contributed by atoms with Gasteiger partial charge in [0.2, 0.25) is 5.91 Å². The van der Waals surface area contributed by atoms with Crippen molar-refractivity contribution < 1.29 is 19.1 Å². The number of benzene rings is 2. The number of hydrogen-bond donors (Lipinski definition) is 2. The summed E-state index contributed by atoms with van der Waals surface area (Å²) in [6.07, 6.45) is 0. The van der Waals surface area contributed by atoms with E-state index >= 15 is 0 Å². The minimum atomic E-state index is -0.667. The first-order chi connectivity index (χ1) is 13.5. The van der Waals surface area contributed by atoms with E-state index in [1.807, 2.05) is 44.2 Å². The molecule has 0 aliphatic rings. The maximum atomic E-state index is 12.4. The van der Waals surface area contributed by atoms with E-state index in [-0.39, 0.29) is 11.8 Å². The third-order valence-electron chi connectivity index (χ3n) is 4.06. The van der Waals surface area contributed by atoms with E-state index in [4.69, 9.17) is 9.47 Å². The molecule has 2 amide bonds. The van der Waals surface area contributed by atoms with Crippen LogP contribution in [0.5, 0.6) is 0 Å². The number of aryl methyl sites for hydroxylation is 1. The Morgan fingerprint density at radius 3 is 2.54 bits per heavy atom. The highest BCUT2D eigenvalue weighted by Gasteiger charge is 2.17. The monoisotopic (exact) mass is 384 g/mol. The van der Waals surface area contributed by atoms with Gasteiger partial charge in [0.25, 0.3) is 5.91 Å². The van der Waals surface area contributed by atoms with Gasteiger partial charge in [0, 0.05) is 17.9 Å². The lowest BCUT2D eigenvalue weighted by molar-refractivity contribution is -0.117. The second kappa shape index (κ2) is 11.2. The molecule has 2 rings (SSSR count).